The molecule has 0 unspecified atom stereocenters. The lowest BCUT2D eigenvalue weighted by Gasteiger charge is -2.45. The number of carbonyl (C=O) groups is 1. The Kier molecular flexibility index (Phi) is 6.89. The van der Waals surface area contributed by atoms with Crippen LogP contribution in [-0.2, 0) is 9.53 Å². The topological polar surface area (TPSA) is 26.3 Å². The zero-order valence-corrected chi connectivity index (χ0v) is 20.4. The van der Waals surface area contributed by atoms with E-state index in [1.807, 2.05) is 12.1 Å². The molecule has 0 aliphatic heterocycles. The summed E-state index contributed by atoms with van der Waals surface area (Å²) in [5.41, 5.74) is 0. The highest BCUT2D eigenvalue weighted by molar-refractivity contribution is 7.11. The Morgan fingerprint density at radius 1 is 0.893 bits per heavy atom. The van der Waals surface area contributed by atoms with E-state index in [-0.39, 0.29) is 11.0 Å². The highest BCUT2D eigenvalue weighted by atomic mass is 28.3. The average Bonchev–Trinajstić information content (AvgIpc) is 2.64. The molecule has 0 aliphatic rings. The zero-order valence-electron chi connectivity index (χ0n) is 18.4. The Hall–Kier alpha value is -1.92. The van der Waals surface area contributed by atoms with Crippen molar-refractivity contribution in [2.45, 2.75) is 51.5 Å². The van der Waals surface area contributed by atoms with Gasteiger partial charge >= 0.3 is 5.97 Å². The molecule has 0 saturated heterocycles. The van der Waals surface area contributed by atoms with Gasteiger partial charge in [-0.15, -0.1) is 0 Å². The minimum Gasteiger partial charge on any atom is -0.466 e. The van der Waals surface area contributed by atoms with E-state index >= 15 is 0 Å². The van der Waals surface area contributed by atoms with E-state index in [0.29, 0.717) is 0 Å². The van der Waals surface area contributed by atoms with Crippen molar-refractivity contribution >= 4 is 32.5 Å². The molecule has 0 aliphatic carbocycles. The van der Waals surface area contributed by atoms with Gasteiger partial charge in [0.15, 0.2) is 8.07 Å². The van der Waals surface area contributed by atoms with Crippen molar-refractivity contribution in [1.29, 1.82) is 0 Å². The van der Waals surface area contributed by atoms with Crippen LogP contribution >= 0.6 is 0 Å². The molecule has 2 rings (SSSR count). The highest BCUT2D eigenvalue weighted by Gasteiger charge is 2.53. The number of rotatable bonds is 6. The van der Waals surface area contributed by atoms with E-state index in [4.69, 9.17) is 4.74 Å². The molecule has 2 aromatic carbocycles. The molecule has 0 saturated carbocycles. The Labute approximate surface area is 172 Å². The van der Waals surface area contributed by atoms with E-state index < -0.39 is 16.1 Å². The lowest BCUT2D eigenvalue weighted by molar-refractivity contribution is -0.135. The summed E-state index contributed by atoms with van der Waals surface area (Å²) in [6.45, 7) is 13.8. The van der Waals surface area contributed by atoms with Gasteiger partial charge in [-0.2, -0.15) is 0 Å². The van der Waals surface area contributed by atoms with E-state index in [9.17, 15) is 4.79 Å². The van der Waals surface area contributed by atoms with Crippen molar-refractivity contribution in [2.24, 2.45) is 0 Å². The Morgan fingerprint density at radius 3 is 1.64 bits per heavy atom. The molecule has 0 spiro atoms. The summed E-state index contributed by atoms with van der Waals surface area (Å²) in [4.78, 5) is 13.2. The molecule has 0 fully saturated rings. The van der Waals surface area contributed by atoms with Crippen LogP contribution in [0.15, 0.2) is 71.9 Å². The number of hydrogen-bond acceptors (Lipinski definition) is 2. The first-order valence-electron chi connectivity index (χ1n) is 9.94. The first kappa shape index (κ1) is 22.4. The summed E-state index contributed by atoms with van der Waals surface area (Å²) < 4.78 is 5.36. The molecule has 28 heavy (non-hydrogen) atoms. The lowest BCUT2D eigenvalue weighted by Crippen LogP contribution is -2.67. The second-order valence-electron chi connectivity index (χ2n) is 9.61. The summed E-state index contributed by atoms with van der Waals surface area (Å²) in [7, 11) is -2.53. The molecule has 0 aromatic heterocycles. The third-order valence-electron chi connectivity index (χ3n) is 5.27. The molecule has 0 heterocycles. The second-order valence-corrected chi connectivity index (χ2v) is 19.8. The normalized spacial score (nSPS) is 13.3. The maximum Gasteiger partial charge on any atom is 0.330 e. The Bertz CT molecular complexity index is 774. The largest absolute Gasteiger partial charge is 0.466 e. The average molecular weight is 411 g/mol. The number of methoxy groups -OCH3 is 1. The number of allylic oxidation sites excluding steroid dienone is 1. The van der Waals surface area contributed by atoms with Crippen molar-refractivity contribution in [3.05, 3.63) is 71.9 Å². The minimum atomic E-state index is -2.65. The fourth-order valence-corrected chi connectivity index (χ4v) is 10.7. The van der Waals surface area contributed by atoms with E-state index in [0.717, 1.165) is 11.2 Å². The fourth-order valence-electron chi connectivity index (χ4n) is 4.03. The molecule has 2 aromatic rings. The monoisotopic (exact) mass is 410 g/mol. The molecule has 0 amide bonds. The molecule has 4 heteroatoms. The number of ether oxygens (including phenoxy) is 1. The highest BCUT2D eigenvalue weighted by Crippen LogP contribution is 2.41. The van der Waals surface area contributed by atoms with Gasteiger partial charge in [0.2, 0.25) is 0 Å². The molecule has 0 atom stereocenters. The van der Waals surface area contributed by atoms with Crippen LogP contribution in [0, 0.1) is 0 Å². The van der Waals surface area contributed by atoms with E-state index in [1.54, 1.807) is 0 Å². The zero-order chi connectivity index (χ0) is 21.0. The Morgan fingerprint density at radius 2 is 1.32 bits per heavy atom. The SMILES string of the molecule is COC(=O)/C(=C\C[Si](C)(C)C)[Si](c1ccccc1)(c1ccccc1)C(C)(C)C. The van der Waals surface area contributed by atoms with Crippen molar-refractivity contribution < 1.29 is 9.53 Å². The first-order chi connectivity index (χ1) is 13.0. The van der Waals surface area contributed by atoms with Crippen molar-refractivity contribution in [3.63, 3.8) is 0 Å². The van der Waals surface area contributed by atoms with Gasteiger partial charge in [0.05, 0.1) is 7.11 Å². The maximum absolute atomic E-state index is 13.2. The van der Waals surface area contributed by atoms with Gasteiger partial charge in [-0.25, -0.2) is 4.79 Å². The summed E-state index contributed by atoms with van der Waals surface area (Å²) in [6.07, 6.45) is 2.22. The van der Waals surface area contributed by atoms with Crippen LogP contribution in [0.5, 0.6) is 0 Å². The van der Waals surface area contributed by atoms with Crippen LogP contribution in [0.1, 0.15) is 20.8 Å². The standard InChI is InChI=1S/C24H34O2Si2/c1-24(2,3)28(20-14-10-8-11-15-20,21-16-12-9-13-17-21)22(23(25)26-4)18-19-27(5,6)7/h8-18H,19H2,1-7H3/b22-18+. The van der Waals surface area contributed by atoms with Crippen LogP contribution in [0.3, 0.4) is 0 Å². The van der Waals surface area contributed by atoms with Gasteiger partial charge in [-0.05, 0) is 21.5 Å². The van der Waals surface area contributed by atoms with Crippen LogP contribution in [0.25, 0.3) is 0 Å². The number of benzene rings is 2. The molecule has 0 N–H and O–H groups in total. The third-order valence-corrected chi connectivity index (χ3v) is 12.6. The third kappa shape index (κ3) is 4.55. The summed E-state index contributed by atoms with van der Waals surface area (Å²) >= 11 is 0. The quantitative estimate of drug-likeness (QED) is 0.379. The van der Waals surface area contributed by atoms with Gasteiger partial charge < -0.3 is 4.74 Å². The van der Waals surface area contributed by atoms with Crippen LogP contribution in [-0.4, -0.2) is 29.2 Å². The predicted molar refractivity (Wildman–Crippen MR) is 126 cm³/mol. The van der Waals surface area contributed by atoms with E-state index in [1.165, 1.54) is 17.5 Å². The molecular weight excluding hydrogens is 376 g/mol. The minimum absolute atomic E-state index is 0.116. The van der Waals surface area contributed by atoms with Crippen LogP contribution in [0.2, 0.25) is 30.7 Å². The lowest BCUT2D eigenvalue weighted by atomic mass is 10.2. The van der Waals surface area contributed by atoms with Gasteiger partial charge in [-0.1, -0.05) is 107 Å². The summed E-state index contributed by atoms with van der Waals surface area (Å²) in [5, 5.41) is 3.26. The van der Waals surface area contributed by atoms with Crippen molar-refractivity contribution in [2.75, 3.05) is 7.11 Å². The first-order valence-corrected chi connectivity index (χ1v) is 15.6. The van der Waals surface area contributed by atoms with Gasteiger partial charge in [0, 0.05) is 13.3 Å². The fraction of sp³-hybridized carbons (Fsp3) is 0.375. The molecule has 0 radical (unpaired) electrons. The summed E-state index contributed by atoms with van der Waals surface area (Å²) in [6, 6.07) is 22.1. The van der Waals surface area contributed by atoms with E-state index in [2.05, 4.69) is 95.0 Å². The molecule has 150 valence electrons. The molecule has 0 bridgehead atoms. The maximum atomic E-state index is 13.2. The molecule has 2 nitrogen and oxygen atoms in total. The predicted octanol–water partition coefficient (Wildman–Crippen LogP) is 5.03. The van der Waals surface area contributed by atoms with Crippen molar-refractivity contribution in [1.82, 2.24) is 0 Å². The van der Waals surface area contributed by atoms with Crippen LogP contribution < -0.4 is 10.4 Å². The van der Waals surface area contributed by atoms with Crippen LogP contribution in [0.4, 0.5) is 0 Å². The smallest absolute Gasteiger partial charge is 0.330 e. The summed E-state index contributed by atoms with van der Waals surface area (Å²) in [5.74, 6) is -0.187. The Balaban J connectivity index is 2.94. The molecular formula is C24H34O2Si2. The van der Waals surface area contributed by atoms with Crippen molar-refractivity contribution in [3.8, 4) is 0 Å². The van der Waals surface area contributed by atoms with Gasteiger partial charge in [-0.3, -0.25) is 0 Å². The number of hydrogen-bond donors (Lipinski definition) is 0. The van der Waals surface area contributed by atoms with Gasteiger partial charge in [0.25, 0.3) is 0 Å². The number of carbonyl (C=O) groups excluding carboxylic acids is 1. The second kappa shape index (κ2) is 8.62. The number of esters is 1. The van der Waals surface area contributed by atoms with Gasteiger partial charge in [0.1, 0.15) is 0 Å².